The van der Waals surface area contributed by atoms with Crippen molar-refractivity contribution in [2.24, 2.45) is 7.05 Å². The molecular weight excluding hydrogens is 519 g/mol. The normalized spacial score (nSPS) is 19.3. The zero-order chi connectivity index (χ0) is 27.6. The Labute approximate surface area is 220 Å². The first kappa shape index (κ1) is 25.7. The number of H-pyrrole nitrogens is 1. The van der Waals surface area contributed by atoms with Gasteiger partial charge in [-0.05, 0) is 36.6 Å². The highest BCUT2D eigenvalue weighted by Crippen LogP contribution is 2.48. The molecule has 6 rings (SSSR count). The molecule has 1 saturated heterocycles. The summed E-state index contributed by atoms with van der Waals surface area (Å²) in [6.07, 6.45) is -0.267. The quantitative estimate of drug-likeness (QED) is 0.351. The molecule has 0 spiro atoms. The van der Waals surface area contributed by atoms with E-state index in [2.05, 4.69) is 15.2 Å². The van der Waals surface area contributed by atoms with Gasteiger partial charge < -0.3 is 9.55 Å². The van der Waals surface area contributed by atoms with Crippen molar-refractivity contribution < 1.29 is 22.0 Å². The van der Waals surface area contributed by atoms with Crippen molar-refractivity contribution in [2.45, 2.75) is 56.2 Å². The molecule has 0 radical (unpaired) electrons. The van der Waals surface area contributed by atoms with Gasteiger partial charge >= 0.3 is 6.18 Å². The van der Waals surface area contributed by atoms with E-state index in [1.807, 2.05) is 17.7 Å². The second-order valence-corrected chi connectivity index (χ2v) is 10.7. The number of aromatic amines is 1. The first-order valence-electron chi connectivity index (χ1n) is 12.9. The number of fused-ring (bicyclic) bond motifs is 1. The van der Waals surface area contributed by atoms with Gasteiger partial charge in [-0.15, -0.1) is 10.2 Å². The van der Waals surface area contributed by atoms with Gasteiger partial charge in [-0.3, -0.25) is 14.3 Å². The van der Waals surface area contributed by atoms with Gasteiger partial charge in [0.15, 0.2) is 0 Å². The highest BCUT2D eigenvalue weighted by Gasteiger charge is 2.44. The number of nitrogens with zero attached hydrogens (tertiary/aromatic N) is 5. The standard InChI is InChI=1S/C27H27F5N6O/c1-36-16-33-35-24(36)25(6-3-7-25)17-4-2-5-19(12-17)38-15-21(27(30,31)32)20-13-18(34-22(20)23(38)39)14-37-10-8-26(28,29)9-11-37/h2,4-5,12-13,15-16,34H,3,6-11,14H2,1H3. The Morgan fingerprint density at radius 3 is 2.44 bits per heavy atom. The lowest BCUT2D eigenvalue weighted by molar-refractivity contribution is -0.136. The number of hydrogen-bond donors (Lipinski definition) is 1. The second-order valence-electron chi connectivity index (χ2n) is 10.7. The van der Waals surface area contributed by atoms with Crippen molar-refractivity contribution in [3.8, 4) is 5.69 Å². The van der Waals surface area contributed by atoms with E-state index in [0.29, 0.717) is 11.4 Å². The van der Waals surface area contributed by atoms with Gasteiger partial charge in [-0.1, -0.05) is 18.6 Å². The summed E-state index contributed by atoms with van der Waals surface area (Å²) in [7, 11) is 1.85. The van der Waals surface area contributed by atoms with E-state index in [-0.39, 0.29) is 43.4 Å². The maximum Gasteiger partial charge on any atom is 0.418 e. The predicted octanol–water partition coefficient (Wildman–Crippen LogP) is 5.17. The molecule has 0 unspecified atom stereocenters. The van der Waals surface area contributed by atoms with E-state index in [9.17, 15) is 26.7 Å². The van der Waals surface area contributed by atoms with Crippen LogP contribution in [-0.2, 0) is 25.2 Å². The molecule has 2 aliphatic rings. The van der Waals surface area contributed by atoms with Gasteiger partial charge in [-0.25, -0.2) is 8.78 Å². The number of likely N-dealkylation sites (tertiary alicyclic amines) is 1. The van der Waals surface area contributed by atoms with E-state index in [0.717, 1.165) is 41.4 Å². The third-order valence-corrected chi connectivity index (χ3v) is 8.16. The number of halogens is 5. The minimum atomic E-state index is -4.72. The summed E-state index contributed by atoms with van der Waals surface area (Å²) < 4.78 is 72.6. The molecule has 4 aromatic rings. The largest absolute Gasteiger partial charge is 0.418 e. The molecule has 0 atom stereocenters. The van der Waals surface area contributed by atoms with Crippen LogP contribution in [0, 0.1) is 0 Å². The second kappa shape index (κ2) is 9.00. The van der Waals surface area contributed by atoms with Crippen LogP contribution in [0.2, 0.25) is 0 Å². The van der Waals surface area contributed by atoms with E-state index >= 15 is 0 Å². The minimum Gasteiger partial charge on any atom is -0.353 e. The Morgan fingerprint density at radius 2 is 1.82 bits per heavy atom. The fourth-order valence-corrected chi connectivity index (χ4v) is 5.89. The van der Waals surface area contributed by atoms with Crippen molar-refractivity contribution in [3.63, 3.8) is 0 Å². The van der Waals surface area contributed by atoms with Gasteiger partial charge in [0.25, 0.3) is 11.5 Å². The van der Waals surface area contributed by atoms with Gasteiger partial charge in [0, 0.05) is 62.5 Å². The number of nitrogens with one attached hydrogen (secondary N) is 1. The molecule has 1 aliphatic carbocycles. The van der Waals surface area contributed by atoms with E-state index in [4.69, 9.17) is 0 Å². The fourth-order valence-electron chi connectivity index (χ4n) is 5.89. The van der Waals surface area contributed by atoms with Crippen LogP contribution in [0.4, 0.5) is 22.0 Å². The molecule has 1 N–H and O–H groups in total. The number of aromatic nitrogens is 5. The summed E-state index contributed by atoms with van der Waals surface area (Å²) in [5.41, 5.74) is -0.606. The molecule has 7 nitrogen and oxygen atoms in total. The van der Waals surface area contributed by atoms with Crippen LogP contribution in [0.5, 0.6) is 0 Å². The molecule has 1 aliphatic heterocycles. The van der Waals surface area contributed by atoms with Crippen molar-refractivity contribution in [2.75, 3.05) is 13.1 Å². The van der Waals surface area contributed by atoms with Crippen LogP contribution in [0.25, 0.3) is 16.6 Å². The van der Waals surface area contributed by atoms with E-state index < -0.39 is 28.6 Å². The summed E-state index contributed by atoms with van der Waals surface area (Å²) >= 11 is 0. The summed E-state index contributed by atoms with van der Waals surface area (Å²) in [5, 5.41) is 8.07. The van der Waals surface area contributed by atoms with Crippen molar-refractivity contribution in [1.82, 2.24) is 29.2 Å². The molecule has 1 saturated carbocycles. The van der Waals surface area contributed by atoms with Gasteiger partial charge in [0.05, 0.1) is 11.0 Å². The fraction of sp³-hybridized carbons (Fsp3) is 0.444. The molecule has 2 fully saturated rings. The summed E-state index contributed by atoms with van der Waals surface area (Å²) in [4.78, 5) is 18.2. The van der Waals surface area contributed by atoms with Crippen LogP contribution >= 0.6 is 0 Å². The SMILES string of the molecule is Cn1cnnc1C1(c2cccc(-n3cc(C(F)(F)F)c4cc(CN5CCC(F)(F)CC5)[nH]c4c3=O)c2)CCC1. The average molecular weight is 547 g/mol. The van der Waals surface area contributed by atoms with Crippen LogP contribution in [0.15, 0.2) is 47.7 Å². The Hall–Kier alpha value is -3.54. The summed E-state index contributed by atoms with van der Waals surface area (Å²) in [6, 6.07) is 8.30. The lowest BCUT2D eigenvalue weighted by Gasteiger charge is -2.41. The highest BCUT2D eigenvalue weighted by atomic mass is 19.4. The topological polar surface area (TPSA) is 71.7 Å². The lowest BCUT2D eigenvalue weighted by atomic mass is 9.63. The molecule has 12 heteroatoms. The van der Waals surface area contributed by atoms with Gasteiger partial charge in [0.2, 0.25) is 0 Å². The number of pyridine rings is 1. The zero-order valence-corrected chi connectivity index (χ0v) is 21.2. The molecule has 1 aromatic carbocycles. The van der Waals surface area contributed by atoms with Crippen molar-refractivity contribution in [3.05, 3.63) is 75.9 Å². The number of piperidine rings is 1. The van der Waals surface area contributed by atoms with Crippen molar-refractivity contribution >= 4 is 10.9 Å². The Balaban J connectivity index is 1.42. The maximum absolute atomic E-state index is 14.2. The lowest BCUT2D eigenvalue weighted by Crippen LogP contribution is -2.38. The third-order valence-electron chi connectivity index (χ3n) is 8.16. The summed E-state index contributed by atoms with van der Waals surface area (Å²) in [6.45, 7) is 0.398. The first-order valence-corrected chi connectivity index (χ1v) is 12.9. The van der Waals surface area contributed by atoms with E-state index in [1.54, 1.807) is 29.4 Å². The average Bonchev–Trinajstić information content (AvgIpc) is 3.46. The van der Waals surface area contributed by atoms with Crippen LogP contribution in [0.3, 0.4) is 0 Å². The van der Waals surface area contributed by atoms with Gasteiger partial charge in [-0.2, -0.15) is 13.2 Å². The number of benzene rings is 1. The number of alkyl halides is 5. The maximum atomic E-state index is 14.2. The van der Waals surface area contributed by atoms with Crippen LogP contribution < -0.4 is 5.56 Å². The molecular formula is C27H27F5N6O. The molecule has 0 bridgehead atoms. The van der Waals surface area contributed by atoms with Crippen molar-refractivity contribution in [1.29, 1.82) is 0 Å². The van der Waals surface area contributed by atoms with Crippen LogP contribution in [0.1, 0.15) is 54.7 Å². The van der Waals surface area contributed by atoms with Gasteiger partial charge in [0.1, 0.15) is 17.7 Å². The molecule has 0 amide bonds. The monoisotopic (exact) mass is 546 g/mol. The third kappa shape index (κ3) is 4.44. The zero-order valence-electron chi connectivity index (χ0n) is 21.2. The molecule has 206 valence electrons. The molecule has 3 aromatic heterocycles. The number of aryl methyl sites for hydroxylation is 1. The van der Waals surface area contributed by atoms with E-state index in [1.165, 1.54) is 6.07 Å². The smallest absolute Gasteiger partial charge is 0.353 e. The molecule has 39 heavy (non-hydrogen) atoms. The Morgan fingerprint density at radius 1 is 1.08 bits per heavy atom. The summed E-state index contributed by atoms with van der Waals surface area (Å²) in [5.74, 6) is -1.96. The minimum absolute atomic E-state index is 0.124. The first-order chi connectivity index (χ1) is 18.5. The molecule has 4 heterocycles. The number of hydrogen-bond acceptors (Lipinski definition) is 4. The van der Waals surface area contributed by atoms with Crippen LogP contribution in [-0.4, -0.2) is 48.2 Å². The predicted molar refractivity (Wildman–Crippen MR) is 134 cm³/mol. The Bertz CT molecular complexity index is 1590. The highest BCUT2D eigenvalue weighted by molar-refractivity contribution is 5.84. The Kier molecular flexibility index (Phi) is 5.94. The number of rotatable bonds is 5.